The van der Waals surface area contributed by atoms with Crippen molar-refractivity contribution < 1.29 is 4.79 Å². The number of hydrogen-bond acceptors (Lipinski definition) is 3. The van der Waals surface area contributed by atoms with Gasteiger partial charge in [0.2, 0.25) is 0 Å². The molecule has 0 aromatic carbocycles. The summed E-state index contributed by atoms with van der Waals surface area (Å²) >= 11 is 0. The van der Waals surface area contributed by atoms with Crippen LogP contribution in [0.3, 0.4) is 0 Å². The highest BCUT2D eigenvalue weighted by Gasteiger charge is 2.25. The smallest absolute Gasteiger partial charge is 0.256 e. The molecule has 0 unspecified atom stereocenters. The minimum absolute atomic E-state index is 0.0902. The summed E-state index contributed by atoms with van der Waals surface area (Å²) in [5.74, 6) is -0.346. The molecular weight excluding hydrogens is 242 g/mol. The van der Waals surface area contributed by atoms with Crippen molar-refractivity contribution in [2.24, 2.45) is 11.1 Å². The van der Waals surface area contributed by atoms with Crippen LogP contribution in [0, 0.1) is 12.3 Å². The maximum Gasteiger partial charge on any atom is 0.256 e. The molecule has 0 saturated heterocycles. The van der Waals surface area contributed by atoms with Gasteiger partial charge in [-0.1, -0.05) is 13.8 Å². The van der Waals surface area contributed by atoms with Gasteiger partial charge in [-0.15, -0.1) is 0 Å². The lowest BCUT2D eigenvalue weighted by Crippen LogP contribution is -2.42. The van der Waals surface area contributed by atoms with Gasteiger partial charge in [-0.2, -0.15) is 0 Å². The Morgan fingerprint density at radius 1 is 1.42 bits per heavy atom. The summed E-state index contributed by atoms with van der Waals surface area (Å²) in [6.45, 7) is 6.90. The molecule has 5 nitrogen and oxygen atoms in total. The van der Waals surface area contributed by atoms with Gasteiger partial charge in [-0.05, 0) is 31.7 Å². The van der Waals surface area contributed by atoms with Crippen molar-refractivity contribution in [1.29, 1.82) is 0 Å². The second-order valence-corrected chi connectivity index (χ2v) is 4.99. The fourth-order valence-electron chi connectivity index (χ4n) is 1.97. The van der Waals surface area contributed by atoms with E-state index in [1.165, 1.54) is 12.3 Å². The molecule has 4 N–H and O–H groups in total. The number of aryl methyl sites for hydroxylation is 1. The van der Waals surface area contributed by atoms with E-state index in [1.54, 1.807) is 6.92 Å². The van der Waals surface area contributed by atoms with Crippen LogP contribution in [-0.4, -0.2) is 24.0 Å². The quantitative estimate of drug-likeness (QED) is 0.721. The number of carbonyl (C=O) groups is 1. The van der Waals surface area contributed by atoms with E-state index in [4.69, 9.17) is 5.73 Å². The highest BCUT2D eigenvalue weighted by atomic mass is 16.2. The Kier molecular flexibility index (Phi) is 5.30. The van der Waals surface area contributed by atoms with E-state index in [0.29, 0.717) is 13.1 Å². The molecule has 1 heterocycles. The average Bonchev–Trinajstić information content (AvgIpc) is 2.40. The first-order valence-corrected chi connectivity index (χ1v) is 6.65. The Morgan fingerprint density at radius 3 is 2.53 bits per heavy atom. The van der Waals surface area contributed by atoms with E-state index < -0.39 is 0 Å². The topological polar surface area (TPSA) is 88.0 Å². The predicted octanol–water partition coefficient (Wildman–Crippen LogP) is 1.18. The van der Waals surface area contributed by atoms with Crippen molar-refractivity contribution in [2.45, 2.75) is 33.6 Å². The van der Waals surface area contributed by atoms with Crippen molar-refractivity contribution in [1.82, 2.24) is 10.3 Å². The number of H-pyrrole nitrogens is 1. The number of pyridine rings is 1. The first kappa shape index (κ1) is 15.4. The number of rotatable bonds is 6. The molecule has 0 bridgehead atoms. The molecule has 0 aliphatic carbocycles. The molecule has 0 aliphatic rings. The molecule has 0 fully saturated rings. The van der Waals surface area contributed by atoms with Crippen molar-refractivity contribution >= 4 is 5.91 Å². The molecule has 1 rings (SSSR count). The summed E-state index contributed by atoms with van der Waals surface area (Å²) in [6.07, 6.45) is 3.24. The number of amides is 1. The summed E-state index contributed by atoms with van der Waals surface area (Å²) in [5.41, 5.74) is 6.31. The van der Waals surface area contributed by atoms with Gasteiger partial charge in [0.15, 0.2) is 5.43 Å². The van der Waals surface area contributed by atoms with Gasteiger partial charge < -0.3 is 16.0 Å². The molecule has 0 radical (unpaired) electrons. The number of aromatic nitrogens is 1. The summed E-state index contributed by atoms with van der Waals surface area (Å²) in [7, 11) is 0. The Bertz CT molecular complexity index is 481. The SMILES string of the molecule is CCC(CC)(CN)CNC(=O)c1c[nH]c(C)cc1=O. The number of nitrogens with two attached hydrogens (primary N) is 1. The van der Waals surface area contributed by atoms with Gasteiger partial charge in [0.05, 0.1) is 0 Å². The highest BCUT2D eigenvalue weighted by Crippen LogP contribution is 2.23. The van der Waals surface area contributed by atoms with Gasteiger partial charge in [0, 0.05) is 24.5 Å². The van der Waals surface area contributed by atoms with Crippen molar-refractivity contribution in [3.05, 3.63) is 33.7 Å². The third kappa shape index (κ3) is 3.67. The third-order valence-corrected chi connectivity index (χ3v) is 3.86. The number of nitrogens with one attached hydrogen (secondary N) is 2. The fourth-order valence-corrected chi connectivity index (χ4v) is 1.97. The molecule has 106 valence electrons. The van der Waals surface area contributed by atoms with Crippen molar-refractivity contribution in [3.63, 3.8) is 0 Å². The van der Waals surface area contributed by atoms with Gasteiger partial charge in [0.25, 0.3) is 5.91 Å². The predicted molar refractivity (Wildman–Crippen MR) is 76.2 cm³/mol. The van der Waals surface area contributed by atoms with Crippen LogP contribution in [0.1, 0.15) is 42.7 Å². The molecule has 0 spiro atoms. The summed E-state index contributed by atoms with van der Waals surface area (Å²) in [5, 5.41) is 2.81. The monoisotopic (exact) mass is 265 g/mol. The average molecular weight is 265 g/mol. The molecule has 1 aromatic heterocycles. The third-order valence-electron chi connectivity index (χ3n) is 3.86. The maximum atomic E-state index is 12.0. The van der Waals surface area contributed by atoms with Gasteiger partial charge in [0.1, 0.15) is 5.56 Å². The van der Waals surface area contributed by atoms with Crippen molar-refractivity contribution in [2.75, 3.05) is 13.1 Å². The van der Waals surface area contributed by atoms with E-state index in [2.05, 4.69) is 24.1 Å². The molecule has 5 heteroatoms. The van der Waals surface area contributed by atoms with E-state index in [0.717, 1.165) is 18.5 Å². The van der Waals surface area contributed by atoms with Gasteiger partial charge in [-0.3, -0.25) is 9.59 Å². The highest BCUT2D eigenvalue weighted by molar-refractivity contribution is 5.93. The normalized spacial score (nSPS) is 11.4. The largest absolute Gasteiger partial charge is 0.364 e. The molecule has 1 amide bonds. The van der Waals surface area contributed by atoms with E-state index in [9.17, 15) is 9.59 Å². The zero-order valence-electron chi connectivity index (χ0n) is 11.9. The Balaban J connectivity index is 2.78. The summed E-state index contributed by atoms with van der Waals surface area (Å²) in [4.78, 5) is 26.6. The Labute approximate surface area is 113 Å². The first-order chi connectivity index (χ1) is 8.98. The molecule has 0 saturated carbocycles. The molecule has 1 aromatic rings. The zero-order chi connectivity index (χ0) is 14.5. The van der Waals surface area contributed by atoms with Crippen LogP contribution in [0.25, 0.3) is 0 Å². The van der Waals surface area contributed by atoms with Crippen LogP contribution >= 0.6 is 0 Å². The maximum absolute atomic E-state index is 12.0. The second kappa shape index (κ2) is 6.52. The first-order valence-electron chi connectivity index (χ1n) is 6.65. The van der Waals surface area contributed by atoms with Crippen molar-refractivity contribution in [3.8, 4) is 0 Å². The zero-order valence-corrected chi connectivity index (χ0v) is 11.9. The Morgan fingerprint density at radius 2 is 2.05 bits per heavy atom. The lowest BCUT2D eigenvalue weighted by molar-refractivity contribution is 0.0926. The van der Waals surface area contributed by atoms with Gasteiger partial charge >= 0.3 is 0 Å². The van der Waals surface area contributed by atoms with Crippen LogP contribution in [0.15, 0.2) is 17.1 Å². The number of aromatic amines is 1. The van der Waals surface area contributed by atoms with E-state index >= 15 is 0 Å². The minimum Gasteiger partial charge on any atom is -0.364 e. The Hall–Kier alpha value is -1.62. The fraction of sp³-hybridized carbons (Fsp3) is 0.571. The van der Waals surface area contributed by atoms with Gasteiger partial charge in [-0.25, -0.2) is 0 Å². The van der Waals surface area contributed by atoms with Crippen LogP contribution in [0.5, 0.6) is 0 Å². The molecule has 0 aliphatic heterocycles. The number of carbonyl (C=O) groups excluding carboxylic acids is 1. The van der Waals surface area contributed by atoms with Crippen LogP contribution in [-0.2, 0) is 0 Å². The number of hydrogen-bond donors (Lipinski definition) is 3. The van der Waals surface area contributed by atoms with Crippen LogP contribution in [0.4, 0.5) is 0 Å². The van der Waals surface area contributed by atoms with Crippen LogP contribution in [0.2, 0.25) is 0 Å². The summed E-state index contributed by atoms with van der Waals surface area (Å²) in [6, 6.07) is 1.42. The molecular formula is C14H23N3O2. The van der Waals surface area contributed by atoms with Crippen LogP contribution < -0.4 is 16.5 Å². The lowest BCUT2D eigenvalue weighted by Gasteiger charge is -2.30. The molecule has 19 heavy (non-hydrogen) atoms. The second-order valence-electron chi connectivity index (χ2n) is 4.99. The van der Waals surface area contributed by atoms with E-state index in [-0.39, 0.29) is 22.3 Å². The minimum atomic E-state index is -0.346. The standard InChI is InChI=1S/C14H23N3O2/c1-4-14(5-2,8-15)9-17-13(19)11-7-16-10(3)6-12(11)18/h6-7H,4-5,8-9,15H2,1-3H3,(H,16,18)(H,17,19). The molecule has 0 atom stereocenters. The van der Waals surface area contributed by atoms with E-state index in [1.807, 2.05) is 0 Å². The summed E-state index contributed by atoms with van der Waals surface area (Å²) < 4.78 is 0. The lowest BCUT2D eigenvalue weighted by atomic mass is 9.82.